The Bertz CT molecular complexity index is 1140. The Morgan fingerprint density at radius 2 is 1.24 bits per heavy atom. The summed E-state index contributed by atoms with van der Waals surface area (Å²) < 4.78 is 5.42. The highest BCUT2D eigenvalue weighted by Gasteiger charge is 2.17. The maximum atomic E-state index is 5.42. The summed E-state index contributed by atoms with van der Waals surface area (Å²) in [7, 11) is 1.70. The average Bonchev–Trinajstić information content (AvgIpc) is 2.89. The fraction of sp³-hybridized carbons (Fsp3) is 0.167. The standard InChI is InChI=1S/C30H30N2O/c1-4-32(5-2)26-18-14-24(15-19-26)29(25-16-20-27(33-3)21-17-25)30(23-11-7-6-8-12-23)28-13-9-10-22-31-28/h6-22H,4-5H2,1-3H3/b30-29-. The molecule has 0 saturated heterocycles. The molecule has 0 aliphatic carbocycles. The Kier molecular flexibility index (Phi) is 7.21. The van der Waals surface area contributed by atoms with Gasteiger partial charge >= 0.3 is 0 Å². The summed E-state index contributed by atoms with van der Waals surface area (Å²) in [5.74, 6) is 0.842. The van der Waals surface area contributed by atoms with Crippen molar-refractivity contribution >= 4 is 16.8 Å². The van der Waals surface area contributed by atoms with Gasteiger partial charge in [-0.2, -0.15) is 0 Å². The van der Waals surface area contributed by atoms with Crippen LogP contribution in [0.5, 0.6) is 5.75 Å². The second kappa shape index (κ2) is 10.6. The molecule has 33 heavy (non-hydrogen) atoms. The number of hydrogen-bond donors (Lipinski definition) is 0. The first-order valence-electron chi connectivity index (χ1n) is 11.5. The number of ether oxygens (including phenoxy) is 1. The van der Waals surface area contributed by atoms with E-state index in [2.05, 4.69) is 85.5 Å². The van der Waals surface area contributed by atoms with E-state index >= 15 is 0 Å². The van der Waals surface area contributed by atoms with Crippen LogP contribution in [0, 0.1) is 0 Å². The number of methoxy groups -OCH3 is 1. The van der Waals surface area contributed by atoms with Crippen molar-refractivity contribution in [1.82, 2.24) is 4.98 Å². The van der Waals surface area contributed by atoms with Gasteiger partial charge in [-0.15, -0.1) is 0 Å². The van der Waals surface area contributed by atoms with Crippen LogP contribution in [-0.2, 0) is 0 Å². The van der Waals surface area contributed by atoms with Crippen LogP contribution < -0.4 is 9.64 Å². The Labute approximate surface area is 197 Å². The van der Waals surface area contributed by atoms with E-state index in [1.54, 1.807) is 7.11 Å². The Balaban J connectivity index is 1.98. The predicted molar refractivity (Wildman–Crippen MR) is 139 cm³/mol. The highest BCUT2D eigenvalue weighted by atomic mass is 16.5. The largest absolute Gasteiger partial charge is 0.497 e. The van der Waals surface area contributed by atoms with Gasteiger partial charge in [0.1, 0.15) is 5.75 Å². The van der Waals surface area contributed by atoms with E-state index in [1.807, 2.05) is 36.5 Å². The first-order chi connectivity index (χ1) is 16.2. The quantitative estimate of drug-likeness (QED) is 0.281. The molecular weight excluding hydrogens is 404 g/mol. The molecular formula is C30H30N2O. The van der Waals surface area contributed by atoms with Crippen LogP contribution in [0.1, 0.15) is 36.2 Å². The molecule has 0 saturated carbocycles. The maximum absolute atomic E-state index is 5.42. The molecule has 0 unspecified atom stereocenters. The van der Waals surface area contributed by atoms with Crippen molar-refractivity contribution in [3.05, 3.63) is 126 Å². The molecule has 0 aliphatic rings. The van der Waals surface area contributed by atoms with E-state index in [0.717, 1.165) is 52.4 Å². The molecule has 1 aromatic heterocycles. The van der Waals surface area contributed by atoms with Crippen LogP contribution >= 0.6 is 0 Å². The van der Waals surface area contributed by atoms with E-state index in [9.17, 15) is 0 Å². The third-order valence-corrected chi connectivity index (χ3v) is 5.90. The van der Waals surface area contributed by atoms with Gasteiger partial charge in [-0.1, -0.05) is 60.7 Å². The molecule has 0 fully saturated rings. The van der Waals surface area contributed by atoms with Crippen molar-refractivity contribution < 1.29 is 4.74 Å². The van der Waals surface area contributed by atoms with Crippen LogP contribution in [0.15, 0.2) is 103 Å². The minimum Gasteiger partial charge on any atom is -0.497 e. The molecule has 4 rings (SSSR count). The minimum atomic E-state index is 0.842. The Hall–Kier alpha value is -3.85. The third-order valence-electron chi connectivity index (χ3n) is 5.90. The molecule has 0 spiro atoms. The molecule has 0 bridgehead atoms. The lowest BCUT2D eigenvalue weighted by molar-refractivity contribution is 0.415. The fourth-order valence-electron chi connectivity index (χ4n) is 4.18. The number of nitrogens with zero attached hydrogens (tertiary/aromatic N) is 2. The molecule has 0 radical (unpaired) electrons. The summed E-state index contributed by atoms with van der Waals surface area (Å²) in [6.07, 6.45) is 1.85. The summed E-state index contributed by atoms with van der Waals surface area (Å²) in [5.41, 5.74) is 7.84. The van der Waals surface area contributed by atoms with Gasteiger partial charge in [0.15, 0.2) is 0 Å². The van der Waals surface area contributed by atoms with Gasteiger partial charge < -0.3 is 9.64 Å². The summed E-state index contributed by atoms with van der Waals surface area (Å²) in [6.45, 7) is 6.35. The van der Waals surface area contributed by atoms with Crippen molar-refractivity contribution in [2.75, 3.05) is 25.1 Å². The molecule has 4 aromatic rings. The van der Waals surface area contributed by atoms with Crippen molar-refractivity contribution in [2.24, 2.45) is 0 Å². The van der Waals surface area contributed by atoms with Gasteiger partial charge in [-0.05, 0) is 72.5 Å². The van der Waals surface area contributed by atoms with Crippen molar-refractivity contribution in [1.29, 1.82) is 0 Å². The summed E-state index contributed by atoms with van der Waals surface area (Å²) >= 11 is 0. The van der Waals surface area contributed by atoms with E-state index in [4.69, 9.17) is 9.72 Å². The molecule has 1 heterocycles. The maximum Gasteiger partial charge on any atom is 0.118 e. The van der Waals surface area contributed by atoms with Gasteiger partial charge in [-0.3, -0.25) is 4.98 Å². The van der Waals surface area contributed by atoms with Crippen LogP contribution in [0.3, 0.4) is 0 Å². The molecule has 0 atom stereocenters. The molecule has 3 aromatic carbocycles. The normalized spacial score (nSPS) is 11.6. The van der Waals surface area contributed by atoms with Crippen molar-refractivity contribution in [3.63, 3.8) is 0 Å². The zero-order chi connectivity index (χ0) is 23.0. The van der Waals surface area contributed by atoms with E-state index < -0.39 is 0 Å². The van der Waals surface area contributed by atoms with Gasteiger partial charge in [-0.25, -0.2) is 0 Å². The highest BCUT2D eigenvalue weighted by molar-refractivity contribution is 6.04. The molecule has 0 amide bonds. The number of rotatable bonds is 8. The van der Waals surface area contributed by atoms with E-state index in [-0.39, 0.29) is 0 Å². The molecule has 166 valence electrons. The average molecular weight is 435 g/mol. The smallest absolute Gasteiger partial charge is 0.118 e. The summed E-state index contributed by atoms with van der Waals surface area (Å²) in [4.78, 5) is 7.10. The summed E-state index contributed by atoms with van der Waals surface area (Å²) in [5, 5.41) is 0. The zero-order valence-electron chi connectivity index (χ0n) is 19.5. The monoisotopic (exact) mass is 434 g/mol. The predicted octanol–water partition coefficient (Wildman–Crippen LogP) is 6.94. The van der Waals surface area contributed by atoms with Gasteiger partial charge in [0, 0.05) is 30.5 Å². The first-order valence-corrected chi connectivity index (χ1v) is 11.5. The number of hydrogen-bond acceptors (Lipinski definition) is 3. The topological polar surface area (TPSA) is 25.4 Å². The Morgan fingerprint density at radius 1 is 0.667 bits per heavy atom. The Morgan fingerprint density at radius 3 is 1.79 bits per heavy atom. The van der Waals surface area contributed by atoms with Crippen LogP contribution in [0.25, 0.3) is 11.1 Å². The fourth-order valence-corrected chi connectivity index (χ4v) is 4.18. The van der Waals surface area contributed by atoms with Gasteiger partial charge in [0.2, 0.25) is 0 Å². The number of pyridine rings is 1. The van der Waals surface area contributed by atoms with Gasteiger partial charge in [0.05, 0.1) is 12.8 Å². The molecule has 0 N–H and O–H groups in total. The first kappa shape index (κ1) is 22.3. The minimum absolute atomic E-state index is 0.842. The highest BCUT2D eigenvalue weighted by Crippen LogP contribution is 2.37. The van der Waals surface area contributed by atoms with E-state index in [0.29, 0.717) is 0 Å². The van der Waals surface area contributed by atoms with Gasteiger partial charge in [0.25, 0.3) is 0 Å². The molecule has 0 aliphatic heterocycles. The number of aromatic nitrogens is 1. The van der Waals surface area contributed by atoms with Crippen LogP contribution in [0.2, 0.25) is 0 Å². The van der Waals surface area contributed by atoms with Crippen LogP contribution in [0.4, 0.5) is 5.69 Å². The van der Waals surface area contributed by atoms with E-state index in [1.165, 1.54) is 5.69 Å². The number of anilines is 1. The van der Waals surface area contributed by atoms with Crippen molar-refractivity contribution in [3.8, 4) is 5.75 Å². The second-order valence-electron chi connectivity index (χ2n) is 7.78. The number of benzene rings is 3. The third kappa shape index (κ3) is 4.98. The lowest BCUT2D eigenvalue weighted by Crippen LogP contribution is -2.21. The zero-order valence-corrected chi connectivity index (χ0v) is 19.5. The SMILES string of the molecule is CCN(CC)c1ccc(/C(=C(\c2ccccc2)c2ccccn2)c2ccc(OC)cc2)cc1. The summed E-state index contributed by atoms with van der Waals surface area (Å²) in [6, 6.07) is 33.7. The molecule has 3 nitrogen and oxygen atoms in total. The molecule has 3 heteroatoms. The second-order valence-corrected chi connectivity index (χ2v) is 7.78. The van der Waals surface area contributed by atoms with Crippen molar-refractivity contribution in [2.45, 2.75) is 13.8 Å². The lowest BCUT2D eigenvalue weighted by Gasteiger charge is -2.22. The van der Waals surface area contributed by atoms with Crippen LogP contribution in [-0.4, -0.2) is 25.2 Å². The lowest BCUT2D eigenvalue weighted by atomic mass is 9.87.